The van der Waals surface area contributed by atoms with Gasteiger partial charge in [-0.3, -0.25) is 14.4 Å². The molecule has 2 aliphatic rings. The smallest absolute Gasteiger partial charge is 0.224 e. The highest BCUT2D eigenvalue weighted by Gasteiger charge is 2.38. The molecule has 0 aliphatic carbocycles. The summed E-state index contributed by atoms with van der Waals surface area (Å²) in [4.78, 5) is 15.2. The standard InChI is InChI=1S/C21H27ClN4O/c1-25-13-15(12-23-25)14-26-18-6-4-7-19(26)11-17(10-18)24-21(27)9-16-5-2-3-8-20(16)22/h2-3,5,8,12-13,17-19H,4,6-7,9-11,14H2,1H3,(H,24,27)/t17?,18-,19+. The second kappa shape index (κ2) is 8.03. The molecule has 1 aromatic heterocycles. The van der Waals surface area contributed by atoms with Gasteiger partial charge in [-0.15, -0.1) is 0 Å². The Balaban J connectivity index is 1.36. The number of halogens is 1. The van der Waals surface area contributed by atoms with Crippen LogP contribution in [0.5, 0.6) is 0 Å². The Labute approximate surface area is 165 Å². The van der Waals surface area contributed by atoms with Crippen LogP contribution in [0.2, 0.25) is 5.02 Å². The van der Waals surface area contributed by atoms with Crippen LogP contribution in [0.3, 0.4) is 0 Å². The third-order valence-corrected chi connectivity index (χ3v) is 6.29. The highest BCUT2D eigenvalue weighted by molar-refractivity contribution is 6.31. The predicted octanol–water partition coefficient (Wildman–Crippen LogP) is 3.32. The number of hydrogen-bond donors (Lipinski definition) is 1. The van der Waals surface area contributed by atoms with Gasteiger partial charge in [0.05, 0.1) is 12.6 Å². The fraction of sp³-hybridized carbons (Fsp3) is 0.524. The van der Waals surface area contributed by atoms with Gasteiger partial charge in [0.1, 0.15) is 0 Å². The van der Waals surface area contributed by atoms with Crippen LogP contribution < -0.4 is 5.32 Å². The van der Waals surface area contributed by atoms with Crippen molar-refractivity contribution in [2.24, 2.45) is 7.05 Å². The summed E-state index contributed by atoms with van der Waals surface area (Å²) in [6.45, 7) is 0.962. The number of amides is 1. The molecule has 1 aromatic carbocycles. The lowest BCUT2D eigenvalue weighted by molar-refractivity contribution is -0.122. The topological polar surface area (TPSA) is 50.2 Å². The van der Waals surface area contributed by atoms with E-state index in [9.17, 15) is 4.79 Å². The van der Waals surface area contributed by atoms with Crippen LogP contribution >= 0.6 is 11.6 Å². The number of nitrogens with zero attached hydrogens (tertiary/aromatic N) is 3. The van der Waals surface area contributed by atoms with E-state index in [-0.39, 0.29) is 11.9 Å². The molecule has 2 aliphatic heterocycles. The number of aromatic nitrogens is 2. The zero-order chi connectivity index (χ0) is 18.8. The van der Waals surface area contributed by atoms with Gasteiger partial charge < -0.3 is 5.32 Å². The average molecular weight is 387 g/mol. The van der Waals surface area contributed by atoms with Crippen molar-refractivity contribution in [3.05, 3.63) is 52.8 Å². The maximum atomic E-state index is 12.5. The van der Waals surface area contributed by atoms with Crippen molar-refractivity contribution >= 4 is 17.5 Å². The van der Waals surface area contributed by atoms with E-state index >= 15 is 0 Å². The molecule has 1 unspecified atom stereocenters. The van der Waals surface area contributed by atoms with Crippen molar-refractivity contribution in [3.63, 3.8) is 0 Å². The summed E-state index contributed by atoms with van der Waals surface area (Å²) in [7, 11) is 1.96. The van der Waals surface area contributed by atoms with Gasteiger partial charge in [0.15, 0.2) is 0 Å². The molecule has 3 atom stereocenters. The quantitative estimate of drug-likeness (QED) is 0.857. The minimum absolute atomic E-state index is 0.0758. The maximum Gasteiger partial charge on any atom is 0.224 e. The van der Waals surface area contributed by atoms with Crippen LogP contribution in [-0.2, 0) is 24.8 Å². The van der Waals surface area contributed by atoms with Gasteiger partial charge >= 0.3 is 0 Å². The Morgan fingerprint density at radius 3 is 2.67 bits per heavy atom. The molecule has 1 amide bonds. The van der Waals surface area contributed by atoms with Crippen molar-refractivity contribution < 1.29 is 4.79 Å². The van der Waals surface area contributed by atoms with E-state index in [1.54, 1.807) is 0 Å². The van der Waals surface area contributed by atoms with Crippen LogP contribution in [0.1, 0.15) is 43.2 Å². The van der Waals surface area contributed by atoms with Crippen LogP contribution in [0.25, 0.3) is 0 Å². The summed E-state index contributed by atoms with van der Waals surface area (Å²) < 4.78 is 1.87. The summed E-state index contributed by atoms with van der Waals surface area (Å²) in [5.74, 6) is 0.0758. The monoisotopic (exact) mass is 386 g/mol. The average Bonchev–Trinajstić information content (AvgIpc) is 3.02. The molecule has 0 radical (unpaired) electrons. The van der Waals surface area contributed by atoms with E-state index in [4.69, 9.17) is 11.6 Å². The zero-order valence-corrected chi connectivity index (χ0v) is 16.5. The lowest BCUT2D eigenvalue weighted by Crippen LogP contribution is -2.56. The first-order chi connectivity index (χ1) is 13.1. The molecule has 3 heterocycles. The number of carbonyl (C=O) groups excluding carboxylic acids is 1. The fourth-order valence-electron chi connectivity index (χ4n) is 4.71. The fourth-order valence-corrected chi connectivity index (χ4v) is 4.91. The molecule has 0 saturated carbocycles. The molecule has 4 rings (SSSR count). The van der Waals surface area contributed by atoms with Gasteiger partial charge in [0.25, 0.3) is 0 Å². The summed E-state index contributed by atoms with van der Waals surface area (Å²) in [6, 6.07) is 8.93. The van der Waals surface area contributed by atoms with E-state index in [1.165, 1.54) is 24.8 Å². The molecule has 2 bridgehead atoms. The van der Waals surface area contributed by atoms with Crippen molar-refractivity contribution in [2.45, 2.75) is 63.2 Å². The summed E-state index contributed by atoms with van der Waals surface area (Å²) in [6.07, 6.45) is 10.2. The third kappa shape index (κ3) is 4.36. The number of rotatable bonds is 5. The van der Waals surface area contributed by atoms with Gasteiger partial charge in [0, 0.05) is 48.5 Å². The van der Waals surface area contributed by atoms with Crippen molar-refractivity contribution in [3.8, 4) is 0 Å². The molecular weight excluding hydrogens is 360 g/mol. The van der Waals surface area contributed by atoms with Crippen molar-refractivity contribution in [1.82, 2.24) is 20.0 Å². The molecule has 2 aromatic rings. The first kappa shape index (κ1) is 18.5. The molecule has 27 heavy (non-hydrogen) atoms. The second-order valence-corrected chi connectivity index (χ2v) is 8.34. The van der Waals surface area contributed by atoms with Gasteiger partial charge in [-0.1, -0.05) is 36.2 Å². The summed E-state index contributed by atoms with van der Waals surface area (Å²) in [5.41, 5.74) is 2.17. The zero-order valence-electron chi connectivity index (χ0n) is 15.8. The minimum Gasteiger partial charge on any atom is -0.353 e. The summed E-state index contributed by atoms with van der Waals surface area (Å²) in [5, 5.41) is 8.23. The largest absolute Gasteiger partial charge is 0.353 e. The molecular formula is C21H27ClN4O. The Bertz CT molecular complexity index is 791. The van der Waals surface area contributed by atoms with Crippen molar-refractivity contribution in [2.75, 3.05) is 0 Å². The number of hydrogen-bond acceptors (Lipinski definition) is 3. The highest BCUT2D eigenvalue weighted by Crippen LogP contribution is 2.35. The first-order valence-corrected chi connectivity index (χ1v) is 10.2. The van der Waals surface area contributed by atoms with Crippen LogP contribution in [0, 0.1) is 0 Å². The van der Waals surface area contributed by atoms with Gasteiger partial charge in [0.2, 0.25) is 5.91 Å². The van der Waals surface area contributed by atoms with E-state index in [0.29, 0.717) is 23.5 Å². The molecule has 2 saturated heterocycles. The third-order valence-electron chi connectivity index (χ3n) is 5.92. The van der Waals surface area contributed by atoms with Crippen LogP contribution in [-0.4, -0.2) is 38.7 Å². The highest BCUT2D eigenvalue weighted by atomic mass is 35.5. The first-order valence-electron chi connectivity index (χ1n) is 9.84. The lowest BCUT2D eigenvalue weighted by Gasteiger charge is -2.49. The van der Waals surface area contributed by atoms with Gasteiger partial charge in [-0.2, -0.15) is 5.10 Å². The van der Waals surface area contributed by atoms with Crippen LogP contribution in [0.15, 0.2) is 36.7 Å². The molecule has 0 spiro atoms. The molecule has 144 valence electrons. The van der Waals surface area contributed by atoms with Gasteiger partial charge in [-0.05, 0) is 37.3 Å². The Morgan fingerprint density at radius 2 is 2.00 bits per heavy atom. The van der Waals surface area contributed by atoms with Crippen LogP contribution in [0.4, 0.5) is 0 Å². The molecule has 1 N–H and O–H groups in total. The van der Waals surface area contributed by atoms with Crippen molar-refractivity contribution in [1.29, 1.82) is 0 Å². The van der Waals surface area contributed by atoms with E-state index in [0.717, 1.165) is 24.9 Å². The normalized spacial score (nSPS) is 25.3. The maximum absolute atomic E-state index is 12.5. The molecule has 2 fully saturated rings. The molecule has 5 nitrogen and oxygen atoms in total. The number of piperidine rings is 2. The minimum atomic E-state index is 0.0758. The SMILES string of the molecule is Cn1cc(CN2[C@@H]3CCC[C@H]2CC(NC(=O)Cc2ccccc2Cl)C3)cn1. The number of nitrogens with one attached hydrogen (secondary N) is 1. The van der Waals surface area contributed by atoms with Gasteiger partial charge in [-0.25, -0.2) is 0 Å². The second-order valence-electron chi connectivity index (χ2n) is 7.94. The summed E-state index contributed by atoms with van der Waals surface area (Å²) >= 11 is 6.19. The Morgan fingerprint density at radius 1 is 1.26 bits per heavy atom. The predicted molar refractivity (Wildman–Crippen MR) is 106 cm³/mol. The number of carbonyl (C=O) groups is 1. The van der Waals surface area contributed by atoms with E-state index in [2.05, 4.69) is 21.5 Å². The Kier molecular flexibility index (Phi) is 5.50. The lowest BCUT2D eigenvalue weighted by atomic mass is 9.81. The number of fused-ring (bicyclic) bond motifs is 2. The van der Waals surface area contributed by atoms with E-state index in [1.807, 2.05) is 42.2 Å². The number of aryl methyl sites for hydroxylation is 1. The van der Waals surface area contributed by atoms with E-state index < -0.39 is 0 Å². The Hall–Kier alpha value is -1.85. The molecule has 6 heteroatoms. The number of benzene rings is 1.